The minimum atomic E-state index is 0. The summed E-state index contributed by atoms with van der Waals surface area (Å²) in [5.41, 5.74) is 8.08. The highest BCUT2D eigenvalue weighted by atomic mass is 35.5. The molecule has 0 bridgehead atoms. The Bertz CT molecular complexity index is 314. The number of rotatable bonds is 3. The van der Waals surface area contributed by atoms with Gasteiger partial charge < -0.3 is 10.8 Å². The van der Waals surface area contributed by atoms with E-state index in [1.54, 1.807) is 6.07 Å². The quantitative estimate of drug-likeness (QED) is 0.837. The van der Waals surface area contributed by atoms with Gasteiger partial charge in [-0.1, -0.05) is 32.4 Å². The molecule has 2 atom stereocenters. The van der Waals surface area contributed by atoms with Crippen molar-refractivity contribution >= 4 is 12.4 Å². The monoisotopic (exact) mass is 229 g/mol. The van der Waals surface area contributed by atoms with Crippen LogP contribution < -0.4 is 5.73 Å². The van der Waals surface area contributed by atoms with Crippen LogP contribution in [0, 0.1) is 12.8 Å². The largest absolute Gasteiger partial charge is 0.508 e. The fourth-order valence-electron chi connectivity index (χ4n) is 1.47. The van der Waals surface area contributed by atoms with Gasteiger partial charge in [0.05, 0.1) is 0 Å². The molecule has 1 unspecified atom stereocenters. The third-order valence-electron chi connectivity index (χ3n) is 2.86. The highest BCUT2D eigenvalue weighted by Crippen LogP contribution is 2.25. The van der Waals surface area contributed by atoms with Crippen molar-refractivity contribution in [2.75, 3.05) is 0 Å². The Balaban J connectivity index is 0.00000196. The molecule has 0 saturated carbocycles. The van der Waals surface area contributed by atoms with Crippen molar-refractivity contribution in [3.63, 3.8) is 0 Å². The summed E-state index contributed by atoms with van der Waals surface area (Å²) >= 11 is 0. The lowest BCUT2D eigenvalue weighted by atomic mass is 9.92. The lowest BCUT2D eigenvalue weighted by molar-refractivity contribution is 0.452. The van der Waals surface area contributed by atoms with Gasteiger partial charge in [0.2, 0.25) is 0 Å². The molecule has 0 aliphatic rings. The maximum Gasteiger partial charge on any atom is 0.118 e. The first-order valence-corrected chi connectivity index (χ1v) is 5.11. The zero-order chi connectivity index (χ0) is 10.7. The number of phenols is 1. The fourth-order valence-corrected chi connectivity index (χ4v) is 1.47. The molecule has 0 spiro atoms. The standard InChI is InChI=1S/C12H19NO.ClH/c1-4-8(2)12(13)10-5-6-11(14)9(3)7-10;/h5-8,12,14H,4,13H2,1-3H3;1H/t8?,12-;/m0./s1. The summed E-state index contributed by atoms with van der Waals surface area (Å²) in [6, 6.07) is 5.65. The number of aromatic hydroxyl groups is 1. The molecule has 0 radical (unpaired) electrons. The number of hydrogen-bond acceptors (Lipinski definition) is 2. The van der Waals surface area contributed by atoms with Crippen LogP contribution in [0.3, 0.4) is 0 Å². The summed E-state index contributed by atoms with van der Waals surface area (Å²) in [5, 5.41) is 9.38. The van der Waals surface area contributed by atoms with Crippen molar-refractivity contribution < 1.29 is 5.11 Å². The average Bonchev–Trinajstić information content (AvgIpc) is 2.20. The van der Waals surface area contributed by atoms with Crippen LogP contribution in [0.4, 0.5) is 0 Å². The molecule has 0 amide bonds. The molecular formula is C12H20ClNO. The van der Waals surface area contributed by atoms with Gasteiger partial charge in [-0.3, -0.25) is 0 Å². The maximum atomic E-state index is 9.38. The number of halogens is 1. The van der Waals surface area contributed by atoms with Crippen molar-refractivity contribution in [2.45, 2.75) is 33.2 Å². The average molecular weight is 230 g/mol. The van der Waals surface area contributed by atoms with Gasteiger partial charge in [-0.05, 0) is 30.0 Å². The second-order valence-electron chi connectivity index (χ2n) is 3.96. The molecule has 0 aliphatic heterocycles. The topological polar surface area (TPSA) is 46.2 Å². The number of hydrogen-bond donors (Lipinski definition) is 2. The van der Waals surface area contributed by atoms with Gasteiger partial charge in [-0.2, -0.15) is 0 Å². The normalized spacial score (nSPS) is 14.1. The van der Waals surface area contributed by atoms with Gasteiger partial charge in [0, 0.05) is 6.04 Å². The molecule has 0 fully saturated rings. The number of phenolic OH excluding ortho intramolecular Hbond substituents is 1. The molecule has 3 heteroatoms. The zero-order valence-electron chi connectivity index (χ0n) is 9.53. The Kier molecular flexibility index (Phi) is 5.69. The van der Waals surface area contributed by atoms with Crippen molar-refractivity contribution in [1.29, 1.82) is 0 Å². The van der Waals surface area contributed by atoms with Crippen LogP contribution in [0.5, 0.6) is 5.75 Å². The van der Waals surface area contributed by atoms with Crippen LogP contribution in [0.25, 0.3) is 0 Å². The minimum absolute atomic E-state index is 0. The van der Waals surface area contributed by atoms with E-state index in [9.17, 15) is 5.11 Å². The van der Waals surface area contributed by atoms with Crippen LogP contribution in [0.1, 0.15) is 37.4 Å². The Morgan fingerprint density at radius 3 is 2.47 bits per heavy atom. The Morgan fingerprint density at radius 2 is 2.00 bits per heavy atom. The molecule has 1 aromatic carbocycles. The fraction of sp³-hybridized carbons (Fsp3) is 0.500. The van der Waals surface area contributed by atoms with E-state index in [0.717, 1.165) is 17.5 Å². The van der Waals surface area contributed by atoms with E-state index in [0.29, 0.717) is 11.7 Å². The third-order valence-corrected chi connectivity index (χ3v) is 2.86. The molecule has 1 rings (SSSR count). The molecule has 15 heavy (non-hydrogen) atoms. The van der Waals surface area contributed by atoms with Crippen LogP contribution in [0.2, 0.25) is 0 Å². The SMILES string of the molecule is CCC(C)[C@H](N)c1ccc(O)c(C)c1.Cl. The zero-order valence-corrected chi connectivity index (χ0v) is 10.3. The van der Waals surface area contributed by atoms with E-state index >= 15 is 0 Å². The number of benzene rings is 1. The maximum absolute atomic E-state index is 9.38. The molecular weight excluding hydrogens is 210 g/mol. The van der Waals surface area contributed by atoms with Crippen LogP contribution >= 0.6 is 12.4 Å². The highest BCUT2D eigenvalue weighted by molar-refractivity contribution is 5.85. The van der Waals surface area contributed by atoms with E-state index < -0.39 is 0 Å². The van der Waals surface area contributed by atoms with Crippen molar-refractivity contribution in [3.05, 3.63) is 29.3 Å². The molecule has 0 aliphatic carbocycles. The van der Waals surface area contributed by atoms with Gasteiger partial charge in [-0.25, -0.2) is 0 Å². The first kappa shape index (κ1) is 14.3. The summed E-state index contributed by atoms with van der Waals surface area (Å²) in [5.74, 6) is 0.809. The summed E-state index contributed by atoms with van der Waals surface area (Å²) < 4.78 is 0. The Morgan fingerprint density at radius 1 is 1.40 bits per heavy atom. The Labute approximate surface area is 97.9 Å². The van der Waals surface area contributed by atoms with Crippen LogP contribution in [-0.4, -0.2) is 5.11 Å². The second kappa shape index (κ2) is 5.99. The molecule has 0 heterocycles. The van der Waals surface area contributed by atoms with Gasteiger partial charge in [0.25, 0.3) is 0 Å². The second-order valence-corrected chi connectivity index (χ2v) is 3.96. The number of aryl methyl sites for hydroxylation is 1. The summed E-state index contributed by atoms with van der Waals surface area (Å²) in [6.07, 6.45) is 1.07. The van der Waals surface area contributed by atoms with Crippen molar-refractivity contribution in [1.82, 2.24) is 0 Å². The summed E-state index contributed by atoms with van der Waals surface area (Å²) in [6.45, 7) is 6.17. The molecule has 1 aromatic rings. The predicted molar refractivity (Wildman–Crippen MR) is 66.5 cm³/mol. The molecule has 0 aromatic heterocycles. The minimum Gasteiger partial charge on any atom is -0.508 e. The third kappa shape index (κ3) is 3.40. The molecule has 0 saturated heterocycles. The lowest BCUT2D eigenvalue weighted by Crippen LogP contribution is -2.18. The van der Waals surface area contributed by atoms with Gasteiger partial charge in [0.15, 0.2) is 0 Å². The summed E-state index contributed by atoms with van der Waals surface area (Å²) in [7, 11) is 0. The van der Waals surface area contributed by atoms with Crippen molar-refractivity contribution in [2.24, 2.45) is 11.7 Å². The summed E-state index contributed by atoms with van der Waals surface area (Å²) in [4.78, 5) is 0. The van der Waals surface area contributed by atoms with E-state index in [2.05, 4.69) is 13.8 Å². The lowest BCUT2D eigenvalue weighted by Gasteiger charge is -2.19. The van der Waals surface area contributed by atoms with Gasteiger partial charge in [0.1, 0.15) is 5.75 Å². The van der Waals surface area contributed by atoms with Gasteiger partial charge >= 0.3 is 0 Å². The van der Waals surface area contributed by atoms with Gasteiger partial charge in [-0.15, -0.1) is 12.4 Å². The highest BCUT2D eigenvalue weighted by Gasteiger charge is 2.13. The predicted octanol–water partition coefficient (Wildman–Crippen LogP) is 3.17. The molecule has 86 valence electrons. The first-order valence-electron chi connectivity index (χ1n) is 5.11. The number of nitrogens with two attached hydrogens (primary N) is 1. The van der Waals surface area contributed by atoms with E-state index in [1.807, 2.05) is 19.1 Å². The first-order chi connectivity index (χ1) is 6.56. The molecule has 3 N–H and O–H groups in total. The van der Waals surface area contributed by atoms with Crippen LogP contribution in [-0.2, 0) is 0 Å². The van der Waals surface area contributed by atoms with E-state index in [1.165, 1.54) is 0 Å². The van der Waals surface area contributed by atoms with Crippen LogP contribution in [0.15, 0.2) is 18.2 Å². The molecule has 2 nitrogen and oxygen atoms in total. The van der Waals surface area contributed by atoms with E-state index in [4.69, 9.17) is 5.73 Å². The van der Waals surface area contributed by atoms with Crippen molar-refractivity contribution in [3.8, 4) is 5.75 Å². The smallest absolute Gasteiger partial charge is 0.118 e. The Hall–Kier alpha value is -0.730. The van der Waals surface area contributed by atoms with E-state index in [-0.39, 0.29) is 18.4 Å².